The van der Waals surface area contributed by atoms with Gasteiger partial charge in [0.15, 0.2) is 0 Å². The maximum Gasteiger partial charge on any atom is 0.229 e. The van der Waals surface area contributed by atoms with Crippen LogP contribution < -0.4 is 0 Å². The van der Waals surface area contributed by atoms with Crippen LogP contribution in [0.5, 0.6) is 0 Å². The van der Waals surface area contributed by atoms with E-state index in [1.165, 1.54) is 30.5 Å². The Kier molecular flexibility index (Phi) is 1.65. The Morgan fingerprint density at radius 1 is 1.29 bits per heavy atom. The summed E-state index contributed by atoms with van der Waals surface area (Å²) in [5.74, 6) is 0.827. The summed E-state index contributed by atoms with van der Waals surface area (Å²) in [6.07, 6.45) is 8.58. The van der Waals surface area contributed by atoms with Gasteiger partial charge in [-0.25, -0.2) is 5.10 Å². The molecule has 0 amide bonds. The molecule has 0 aliphatic heterocycles. The number of aromatic nitrogens is 4. The smallest absolute Gasteiger partial charge is 0.229 e. The first-order chi connectivity index (χ1) is 6.95. The van der Waals surface area contributed by atoms with E-state index in [4.69, 9.17) is 0 Å². The van der Waals surface area contributed by atoms with E-state index in [0.29, 0.717) is 0 Å². The molecule has 0 atom stereocenters. The highest BCUT2D eigenvalue weighted by Crippen LogP contribution is 2.23. The molecule has 0 saturated carbocycles. The molecule has 0 radical (unpaired) electrons. The van der Waals surface area contributed by atoms with E-state index in [-0.39, 0.29) is 0 Å². The van der Waals surface area contributed by atoms with E-state index in [1.54, 1.807) is 6.33 Å². The van der Waals surface area contributed by atoms with Gasteiger partial charge in [-0.05, 0) is 37.3 Å². The standard InChI is InChI=1S/C10H12N4/c1-2-4-9-8(3-1)5-6-14(9)10-11-7-12-13-10/h5-7H,1-4H2,(H,11,12,13). The van der Waals surface area contributed by atoms with Crippen molar-refractivity contribution in [3.05, 3.63) is 29.8 Å². The Morgan fingerprint density at radius 3 is 3.07 bits per heavy atom. The third kappa shape index (κ3) is 1.07. The molecule has 1 aliphatic carbocycles. The van der Waals surface area contributed by atoms with Gasteiger partial charge in [0.2, 0.25) is 5.95 Å². The summed E-state index contributed by atoms with van der Waals surface area (Å²) in [4.78, 5) is 4.16. The fraction of sp³-hybridized carbons (Fsp3) is 0.400. The highest BCUT2D eigenvalue weighted by molar-refractivity contribution is 5.30. The first-order valence-corrected chi connectivity index (χ1v) is 5.00. The second kappa shape index (κ2) is 2.97. The summed E-state index contributed by atoms with van der Waals surface area (Å²) in [7, 11) is 0. The van der Waals surface area contributed by atoms with Gasteiger partial charge in [0.05, 0.1) is 0 Å². The molecule has 4 nitrogen and oxygen atoms in total. The van der Waals surface area contributed by atoms with Crippen molar-refractivity contribution < 1.29 is 0 Å². The Labute approximate surface area is 82.0 Å². The van der Waals surface area contributed by atoms with E-state index in [1.807, 2.05) is 0 Å². The lowest BCUT2D eigenvalue weighted by atomic mass is 9.98. The van der Waals surface area contributed by atoms with Crippen LogP contribution in [0.4, 0.5) is 0 Å². The number of fused-ring (bicyclic) bond motifs is 1. The molecule has 0 spiro atoms. The molecule has 0 aromatic carbocycles. The molecule has 3 rings (SSSR count). The lowest BCUT2D eigenvalue weighted by molar-refractivity contribution is 0.658. The lowest BCUT2D eigenvalue weighted by Crippen LogP contribution is -2.07. The molecule has 0 fully saturated rings. The number of H-pyrrole nitrogens is 1. The van der Waals surface area contributed by atoms with E-state index >= 15 is 0 Å². The number of nitrogens with zero attached hydrogens (tertiary/aromatic N) is 3. The zero-order valence-corrected chi connectivity index (χ0v) is 7.90. The quantitative estimate of drug-likeness (QED) is 0.736. The molecular weight excluding hydrogens is 176 g/mol. The summed E-state index contributed by atoms with van der Waals surface area (Å²) in [5, 5.41) is 6.76. The van der Waals surface area contributed by atoms with Gasteiger partial charge in [0, 0.05) is 11.9 Å². The minimum Gasteiger partial charge on any atom is -0.290 e. The highest BCUT2D eigenvalue weighted by atomic mass is 15.3. The second-order valence-electron chi connectivity index (χ2n) is 3.67. The number of hydrogen-bond donors (Lipinski definition) is 1. The van der Waals surface area contributed by atoms with Gasteiger partial charge >= 0.3 is 0 Å². The van der Waals surface area contributed by atoms with Gasteiger partial charge in [0.1, 0.15) is 6.33 Å². The minimum absolute atomic E-state index is 0.827. The van der Waals surface area contributed by atoms with Crippen LogP contribution in [0.3, 0.4) is 0 Å². The van der Waals surface area contributed by atoms with Crippen molar-refractivity contribution in [2.75, 3.05) is 0 Å². The fourth-order valence-electron chi connectivity index (χ4n) is 2.14. The number of aromatic amines is 1. The molecule has 0 saturated heterocycles. The zero-order valence-electron chi connectivity index (χ0n) is 7.90. The Balaban J connectivity index is 2.11. The van der Waals surface area contributed by atoms with E-state index < -0.39 is 0 Å². The van der Waals surface area contributed by atoms with Crippen molar-refractivity contribution in [2.24, 2.45) is 0 Å². The van der Waals surface area contributed by atoms with Crippen molar-refractivity contribution >= 4 is 0 Å². The van der Waals surface area contributed by atoms with Gasteiger partial charge in [0.25, 0.3) is 0 Å². The van der Waals surface area contributed by atoms with Crippen LogP contribution in [-0.4, -0.2) is 19.7 Å². The molecule has 0 unspecified atom stereocenters. The topological polar surface area (TPSA) is 46.5 Å². The van der Waals surface area contributed by atoms with Crippen LogP contribution in [-0.2, 0) is 12.8 Å². The molecule has 0 bridgehead atoms. The van der Waals surface area contributed by atoms with Crippen LogP contribution in [0.25, 0.3) is 5.95 Å². The first kappa shape index (κ1) is 7.79. The number of aryl methyl sites for hydroxylation is 1. The molecule has 1 N–H and O–H groups in total. The SMILES string of the molecule is c1n[nH]c(-n2ccc3c2CCCC3)n1. The largest absolute Gasteiger partial charge is 0.290 e. The van der Waals surface area contributed by atoms with Gasteiger partial charge in [-0.1, -0.05) is 0 Å². The first-order valence-electron chi connectivity index (χ1n) is 5.00. The van der Waals surface area contributed by atoms with E-state index in [2.05, 4.69) is 32.0 Å². The van der Waals surface area contributed by atoms with Crippen LogP contribution in [0.2, 0.25) is 0 Å². The number of nitrogens with one attached hydrogen (secondary N) is 1. The van der Waals surface area contributed by atoms with Gasteiger partial charge in [-0.3, -0.25) is 4.57 Å². The summed E-state index contributed by atoms with van der Waals surface area (Å²) < 4.78 is 2.11. The molecule has 2 heterocycles. The normalized spacial score (nSPS) is 15.4. The van der Waals surface area contributed by atoms with E-state index in [9.17, 15) is 0 Å². The summed E-state index contributed by atoms with van der Waals surface area (Å²) in [5.41, 5.74) is 2.86. The predicted molar refractivity (Wildman–Crippen MR) is 52.4 cm³/mol. The Hall–Kier alpha value is -1.58. The Bertz CT molecular complexity index is 427. The third-order valence-corrected chi connectivity index (χ3v) is 2.83. The summed E-state index contributed by atoms with van der Waals surface area (Å²) in [6, 6.07) is 2.19. The fourth-order valence-corrected chi connectivity index (χ4v) is 2.14. The zero-order chi connectivity index (χ0) is 9.38. The Morgan fingerprint density at radius 2 is 2.21 bits per heavy atom. The second-order valence-corrected chi connectivity index (χ2v) is 3.67. The van der Waals surface area contributed by atoms with Crippen LogP contribution in [0.15, 0.2) is 18.6 Å². The maximum atomic E-state index is 4.16. The summed E-state index contributed by atoms with van der Waals surface area (Å²) in [6.45, 7) is 0. The average Bonchev–Trinajstić information content (AvgIpc) is 2.85. The predicted octanol–water partition coefficient (Wildman–Crippen LogP) is 1.47. The van der Waals surface area contributed by atoms with Crippen molar-refractivity contribution in [1.29, 1.82) is 0 Å². The van der Waals surface area contributed by atoms with Crippen molar-refractivity contribution in [3.8, 4) is 5.95 Å². The van der Waals surface area contributed by atoms with Crippen molar-refractivity contribution in [2.45, 2.75) is 25.7 Å². The number of hydrogen-bond acceptors (Lipinski definition) is 2. The molecular formula is C10H12N4. The lowest BCUT2D eigenvalue weighted by Gasteiger charge is -2.13. The highest BCUT2D eigenvalue weighted by Gasteiger charge is 2.15. The molecule has 14 heavy (non-hydrogen) atoms. The van der Waals surface area contributed by atoms with E-state index in [0.717, 1.165) is 12.4 Å². The third-order valence-electron chi connectivity index (χ3n) is 2.83. The minimum atomic E-state index is 0.827. The van der Waals surface area contributed by atoms with Crippen LogP contribution in [0.1, 0.15) is 24.1 Å². The molecule has 72 valence electrons. The van der Waals surface area contributed by atoms with Crippen molar-refractivity contribution in [3.63, 3.8) is 0 Å². The van der Waals surface area contributed by atoms with Crippen LogP contribution in [0, 0.1) is 0 Å². The van der Waals surface area contributed by atoms with Gasteiger partial charge < -0.3 is 0 Å². The van der Waals surface area contributed by atoms with Crippen LogP contribution >= 0.6 is 0 Å². The molecule has 1 aliphatic rings. The van der Waals surface area contributed by atoms with Gasteiger partial charge in [-0.2, -0.15) is 10.1 Å². The summed E-state index contributed by atoms with van der Waals surface area (Å²) >= 11 is 0. The molecule has 2 aromatic heterocycles. The maximum absolute atomic E-state index is 4.16. The average molecular weight is 188 g/mol. The van der Waals surface area contributed by atoms with Gasteiger partial charge in [-0.15, -0.1) is 0 Å². The monoisotopic (exact) mass is 188 g/mol. The number of rotatable bonds is 1. The van der Waals surface area contributed by atoms with Crippen molar-refractivity contribution in [1.82, 2.24) is 19.7 Å². The molecule has 4 heteroatoms. The molecule has 2 aromatic rings.